The van der Waals surface area contributed by atoms with Crippen LogP contribution in [0.25, 0.3) is 16.3 Å². The summed E-state index contributed by atoms with van der Waals surface area (Å²) >= 11 is 3.23. The van der Waals surface area contributed by atoms with Crippen molar-refractivity contribution in [1.29, 1.82) is 0 Å². The van der Waals surface area contributed by atoms with Crippen molar-refractivity contribution in [2.24, 2.45) is 0 Å². The van der Waals surface area contributed by atoms with Crippen LogP contribution in [0.2, 0.25) is 0 Å². The molecule has 3 aromatic rings. The van der Waals surface area contributed by atoms with E-state index in [-0.39, 0.29) is 0 Å². The van der Waals surface area contributed by atoms with E-state index in [4.69, 9.17) is 0 Å². The van der Waals surface area contributed by atoms with Crippen molar-refractivity contribution >= 4 is 27.6 Å². The summed E-state index contributed by atoms with van der Waals surface area (Å²) in [6.45, 7) is 3.97. The Hall–Kier alpha value is -1.27. The van der Waals surface area contributed by atoms with Crippen LogP contribution in [-0.4, -0.2) is 19.6 Å². The molecule has 0 saturated heterocycles. The zero-order valence-electron chi connectivity index (χ0n) is 8.26. The molecule has 0 aromatic carbocycles. The summed E-state index contributed by atoms with van der Waals surface area (Å²) in [5.41, 5.74) is 1.84. The molecule has 6 heteroatoms. The Morgan fingerprint density at radius 2 is 2.00 bits per heavy atom. The van der Waals surface area contributed by atoms with E-state index in [1.807, 2.05) is 29.9 Å². The molecule has 0 aliphatic heterocycles. The van der Waals surface area contributed by atoms with Crippen molar-refractivity contribution in [3.63, 3.8) is 0 Å². The van der Waals surface area contributed by atoms with Gasteiger partial charge in [0.1, 0.15) is 16.4 Å². The molecule has 3 aromatic heterocycles. The minimum absolute atomic E-state index is 0.901. The van der Waals surface area contributed by atoms with E-state index in [0.717, 1.165) is 26.4 Å². The van der Waals surface area contributed by atoms with E-state index in [1.165, 1.54) is 0 Å². The number of fused-ring (bicyclic) bond motifs is 1. The van der Waals surface area contributed by atoms with Crippen molar-refractivity contribution < 1.29 is 0 Å². The van der Waals surface area contributed by atoms with Gasteiger partial charge in [-0.25, -0.2) is 14.5 Å². The normalized spacial score (nSPS) is 11.3. The van der Waals surface area contributed by atoms with E-state index in [0.29, 0.717) is 0 Å². The number of thiazole rings is 1. The van der Waals surface area contributed by atoms with E-state index < -0.39 is 0 Å². The number of aromatic nitrogens is 4. The first kappa shape index (κ1) is 8.99. The van der Waals surface area contributed by atoms with Gasteiger partial charge in [-0.3, -0.25) is 0 Å². The molecule has 3 rings (SSSR count). The van der Waals surface area contributed by atoms with Gasteiger partial charge in [-0.1, -0.05) is 11.3 Å². The Balaban J connectivity index is 2.15. The molecule has 3 heterocycles. The molecule has 0 aliphatic rings. The number of nitrogens with zero attached hydrogens (tertiary/aromatic N) is 4. The summed E-state index contributed by atoms with van der Waals surface area (Å²) in [5, 5.41) is 8.42. The molecule has 76 valence electrons. The molecule has 0 atom stereocenters. The lowest BCUT2D eigenvalue weighted by molar-refractivity contribution is 0.946. The van der Waals surface area contributed by atoms with Gasteiger partial charge in [0.2, 0.25) is 4.96 Å². The van der Waals surface area contributed by atoms with Gasteiger partial charge >= 0.3 is 0 Å². The van der Waals surface area contributed by atoms with Crippen molar-refractivity contribution in [1.82, 2.24) is 19.6 Å². The molecule has 0 N–H and O–H groups in total. The van der Waals surface area contributed by atoms with Crippen LogP contribution in [0.5, 0.6) is 0 Å². The Morgan fingerprint density at radius 3 is 2.67 bits per heavy atom. The first-order valence-electron chi connectivity index (χ1n) is 4.48. The average Bonchev–Trinajstić information content (AvgIpc) is 2.78. The number of rotatable bonds is 1. The lowest BCUT2D eigenvalue weighted by Gasteiger charge is -1.85. The third-order valence-corrected chi connectivity index (χ3v) is 3.64. The monoisotopic (exact) mass is 236 g/mol. The van der Waals surface area contributed by atoms with Crippen LogP contribution in [0, 0.1) is 13.8 Å². The Labute approximate surface area is 94.2 Å². The summed E-state index contributed by atoms with van der Waals surface area (Å²) in [4.78, 5) is 9.80. The second-order valence-corrected chi connectivity index (χ2v) is 5.45. The molecule has 0 amide bonds. The van der Waals surface area contributed by atoms with Crippen LogP contribution in [0.1, 0.15) is 10.0 Å². The molecule has 0 saturated carbocycles. The standard InChI is InChI=1S/C9H8N4S2/c1-5-10-8(4-14-5)7-3-13-9(11-7)15-6(2)12-13/h3-4H,1-2H3. The van der Waals surface area contributed by atoms with Gasteiger partial charge in [0.15, 0.2) is 0 Å². The molecule has 0 bridgehead atoms. The molecule has 0 aliphatic carbocycles. The maximum atomic E-state index is 4.48. The van der Waals surface area contributed by atoms with Crippen LogP contribution in [0.4, 0.5) is 0 Å². The SMILES string of the molecule is Cc1nc(-c2cn3nc(C)sc3n2)cs1. The van der Waals surface area contributed by atoms with Gasteiger partial charge in [0.05, 0.1) is 11.2 Å². The van der Waals surface area contributed by atoms with Gasteiger partial charge in [-0.2, -0.15) is 5.10 Å². The van der Waals surface area contributed by atoms with Crippen molar-refractivity contribution in [3.8, 4) is 11.4 Å². The van der Waals surface area contributed by atoms with E-state index >= 15 is 0 Å². The summed E-state index contributed by atoms with van der Waals surface area (Å²) in [6, 6.07) is 0. The maximum Gasteiger partial charge on any atom is 0.212 e. The van der Waals surface area contributed by atoms with Crippen molar-refractivity contribution in [3.05, 3.63) is 21.6 Å². The predicted molar refractivity (Wildman–Crippen MR) is 61.4 cm³/mol. The van der Waals surface area contributed by atoms with Crippen LogP contribution in [0.15, 0.2) is 11.6 Å². The van der Waals surface area contributed by atoms with Gasteiger partial charge in [0.25, 0.3) is 0 Å². The van der Waals surface area contributed by atoms with Crippen LogP contribution in [0.3, 0.4) is 0 Å². The number of hydrogen-bond acceptors (Lipinski definition) is 5. The second kappa shape index (κ2) is 3.11. The smallest absolute Gasteiger partial charge is 0.212 e. The molecular formula is C9H8N4S2. The van der Waals surface area contributed by atoms with Gasteiger partial charge in [-0.15, -0.1) is 11.3 Å². The Kier molecular flexibility index (Phi) is 1.86. The second-order valence-electron chi connectivity index (χ2n) is 3.23. The zero-order valence-corrected chi connectivity index (χ0v) is 9.89. The third-order valence-electron chi connectivity index (χ3n) is 2.03. The van der Waals surface area contributed by atoms with Gasteiger partial charge < -0.3 is 0 Å². The summed E-state index contributed by atoms with van der Waals surface area (Å²) in [6.07, 6.45) is 1.92. The zero-order chi connectivity index (χ0) is 10.4. The highest BCUT2D eigenvalue weighted by molar-refractivity contribution is 7.16. The molecule has 15 heavy (non-hydrogen) atoms. The lowest BCUT2D eigenvalue weighted by atomic mass is 10.4. The van der Waals surface area contributed by atoms with E-state index in [2.05, 4.69) is 15.1 Å². The third kappa shape index (κ3) is 1.46. The molecule has 0 fully saturated rings. The minimum atomic E-state index is 0.901. The van der Waals surface area contributed by atoms with E-state index in [1.54, 1.807) is 22.7 Å². The fourth-order valence-corrected chi connectivity index (χ4v) is 2.73. The van der Waals surface area contributed by atoms with Crippen molar-refractivity contribution in [2.45, 2.75) is 13.8 Å². The topological polar surface area (TPSA) is 43.1 Å². The van der Waals surface area contributed by atoms with Crippen LogP contribution in [-0.2, 0) is 0 Å². The first-order chi connectivity index (χ1) is 7.22. The highest BCUT2D eigenvalue weighted by atomic mass is 32.1. The first-order valence-corrected chi connectivity index (χ1v) is 6.17. The van der Waals surface area contributed by atoms with Crippen LogP contribution < -0.4 is 0 Å². The van der Waals surface area contributed by atoms with E-state index in [9.17, 15) is 0 Å². The fourth-order valence-electron chi connectivity index (χ4n) is 1.40. The highest BCUT2D eigenvalue weighted by Crippen LogP contribution is 2.23. The van der Waals surface area contributed by atoms with Gasteiger partial charge in [-0.05, 0) is 13.8 Å². The minimum Gasteiger partial charge on any atom is -0.240 e. The molecule has 0 radical (unpaired) electrons. The number of aryl methyl sites for hydroxylation is 2. The van der Waals surface area contributed by atoms with Gasteiger partial charge in [0, 0.05) is 5.38 Å². The Bertz CT molecular complexity index is 587. The molecule has 0 spiro atoms. The number of imidazole rings is 1. The quantitative estimate of drug-likeness (QED) is 0.652. The average molecular weight is 236 g/mol. The molecule has 0 unspecified atom stereocenters. The lowest BCUT2D eigenvalue weighted by Crippen LogP contribution is -1.80. The molecular weight excluding hydrogens is 228 g/mol. The van der Waals surface area contributed by atoms with Crippen LogP contribution >= 0.6 is 22.7 Å². The fraction of sp³-hybridized carbons (Fsp3) is 0.222. The Morgan fingerprint density at radius 1 is 1.13 bits per heavy atom. The largest absolute Gasteiger partial charge is 0.240 e. The number of hydrogen-bond donors (Lipinski definition) is 0. The highest BCUT2D eigenvalue weighted by Gasteiger charge is 2.09. The summed E-state index contributed by atoms with van der Waals surface area (Å²) < 4.78 is 1.81. The van der Waals surface area contributed by atoms with Crippen molar-refractivity contribution in [2.75, 3.05) is 0 Å². The predicted octanol–water partition coefficient (Wildman–Crippen LogP) is 2.53. The summed E-state index contributed by atoms with van der Waals surface area (Å²) in [5.74, 6) is 0. The summed E-state index contributed by atoms with van der Waals surface area (Å²) in [7, 11) is 0. The molecule has 4 nitrogen and oxygen atoms in total. The maximum absolute atomic E-state index is 4.48.